The Bertz CT molecular complexity index is 857. The molecule has 23 heavy (non-hydrogen) atoms. The smallest absolute Gasteiger partial charge is 0.242 e. The van der Waals surface area contributed by atoms with Crippen LogP contribution in [0.2, 0.25) is 5.02 Å². The summed E-state index contributed by atoms with van der Waals surface area (Å²) in [6, 6.07) is 7.78. The van der Waals surface area contributed by atoms with Crippen LogP contribution in [-0.4, -0.2) is 15.2 Å². The molecule has 0 bridgehead atoms. The highest BCUT2D eigenvalue weighted by atomic mass is 35.5. The van der Waals surface area contributed by atoms with Crippen molar-refractivity contribution in [2.24, 2.45) is 0 Å². The van der Waals surface area contributed by atoms with Crippen molar-refractivity contribution in [3.63, 3.8) is 0 Å². The van der Waals surface area contributed by atoms with Crippen molar-refractivity contribution in [2.75, 3.05) is 6.79 Å². The molecular formula is C15H13ClFNO4S. The Morgan fingerprint density at radius 2 is 1.91 bits per heavy atom. The second kappa shape index (κ2) is 5.99. The van der Waals surface area contributed by atoms with Crippen LogP contribution in [0.5, 0.6) is 11.5 Å². The maximum absolute atomic E-state index is 13.1. The van der Waals surface area contributed by atoms with Gasteiger partial charge >= 0.3 is 0 Å². The zero-order valence-electron chi connectivity index (χ0n) is 12.0. The molecule has 8 heteroatoms. The van der Waals surface area contributed by atoms with Crippen LogP contribution in [0.1, 0.15) is 18.5 Å². The minimum absolute atomic E-state index is 0.143. The van der Waals surface area contributed by atoms with Crippen molar-refractivity contribution in [2.45, 2.75) is 17.9 Å². The van der Waals surface area contributed by atoms with E-state index in [4.69, 9.17) is 21.1 Å². The van der Waals surface area contributed by atoms with E-state index in [2.05, 4.69) is 4.72 Å². The van der Waals surface area contributed by atoms with Gasteiger partial charge in [0.05, 0.1) is 5.02 Å². The Hall–Kier alpha value is -1.83. The second-order valence-corrected chi connectivity index (χ2v) is 7.12. The first-order valence-corrected chi connectivity index (χ1v) is 8.60. The molecule has 0 radical (unpaired) electrons. The third kappa shape index (κ3) is 3.26. The highest BCUT2D eigenvalue weighted by molar-refractivity contribution is 7.89. The van der Waals surface area contributed by atoms with Gasteiger partial charge in [0.15, 0.2) is 11.5 Å². The topological polar surface area (TPSA) is 64.6 Å². The minimum atomic E-state index is -3.89. The van der Waals surface area contributed by atoms with Gasteiger partial charge in [-0.15, -0.1) is 0 Å². The van der Waals surface area contributed by atoms with Crippen molar-refractivity contribution < 1.29 is 22.3 Å². The zero-order valence-corrected chi connectivity index (χ0v) is 13.6. The predicted molar refractivity (Wildman–Crippen MR) is 82.7 cm³/mol. The fourth-order valence-corrected chi connectivity index (χ4v) is 4.00. The van der Waals surface area contributed by atoms with Gasteiger partial charge in [0.2, 0.25) is 16.8 Å². The van der Waals surface area contributed by atoms with Crippen LogP contribution in [0, 0.1) is 5.82 Å². The van der Waals surface area contributed by atoms with Crippen LogP contribution in [0.3, 0.4) is 0 Å². The van der Waals surface area contributed by atoms with Crippen molar-refractivity contribution in [1.29, 1.82) is 0 Å². The summed E-state index contributed by atoms with van der Waals surface area (Å²) in [5.41, 5.74) is 0.705. The molecule has 5 nitrogen and oxygen atoms in total. The summed E-state index contributed by atoms with van der Waals surface area (Å²) in [5, 5.41) is -0.171. The normalized spacial score (nSPS) is 14.7. The molecule has 3 rings (SSSR count). The molecule has 1 unspecified atom stereocenters. The average Bonchev–Trinajstić information content (AvgIpc) is 2.93. The third-order valence-electron chi connectivity index (χ3n) is 3.41. The predicted octanol–water partition coefficient (Wildman–Crippen LogP) is 3.25. The molecule has 0 aromatic heterocycles. The molecule has 0 spiro atoms. The van der Waals surface area contributed by atoms with Crippen LogP contribution < -0.4 is 14.2 Å². The summed E-state index contributed by atoms with van der Waals surface area (Å²) in [4.78, 5) is -0.173. The van der Waals surface area contributed by atoms with E-state index in [1.165, 1.54) is 0 Å². The van der Waals surface area contributed by atoms with E-state index in [0.717, 1.165) is 18.2 Å². The molecular weight excluding hydrogens is 345 g/mol. The van der Waals surface area contributed by atoms with Gasteiger partial charge in [0.1, 0.15) is 10.7 Å². The first kappa shape index (κ1) is 16.0. The maximum atomic E-state index is 13.1. The zero-order chi connectivity index (χ0) is 16.6. The van der Waals surface area contributed by atoms with Gasteiger partial charge in [-0.05, 0) is 42.8 Å². The molecule has 0 fully saturated rings. The molecule has 0 saturated heterocycles. The number of rotatable bonds is 4. The summed E-state index contributed by atoms with van der Waals surface area (Å²) < 4.78 is 50.9. The van der Waals surface area contributed by atoms with Crippen LogP contribution in [0.4, 0.5) is 4.39 Å². The fraction of sp³-hybridized carbons (Fsp3) is 0.200. The third-order valence-corrected chi connectivity index (χ3v) is 5.44. The first-order valence-electron chi connectivity index (χ1n) is 6.74. The number of ether oxygens (including phenoxy) is 2. The first-order chi connectivity index (χ1) is 10.9. The lowest BCUT2D eigenvalue weighted by atomic mass is 10.1. The highest BCUT2D eigenvalue weighted by Crippen LogP contribution is 2.34. The molecule has 122 valence electrons. The Labute approximate surface area is 138 Å². The molecule has 1 N–H and O–H groups in total. The molecule has 2 aromatic carbocycles. The van der Waals surface area contributed by atoms with E-state index >= 15 is 0 Å². The van der Waals surface area contributed by atoms with Gasteiger partial charge in [-0.3, -0.25) is 0 Å². The summed E-state index contributed by atoms with van der Waals surface area (Å²) in [6.45, 7) is 1.83. The monoisotopic (exact) mass is 357 g/mol. The standard InChI is InChI=1S/C15H13ClFNO4S/c1-9(10-2-4-13-14(6-10)22-8-21-13)18-23(19,20)15-5-3-11(17)7-12(15)16/h2-7,9,18H,8H2,1H3. The summed E-state index contributed by atoms with van der Waals surface area (Å²) in [5.74, 6) is 0.580. The molecule has 0 aliphatic carbocycles. The van der Waals surface area contributed by atoms with Crippen molar-refractivity contribution >= 4 is 21.6 Å². The van der Waals surface area contributed by atoms with E-state index in [1.54, 1.807) is 25.1 Å². The number of hydrogen-bond donors (Lipinski definition) is 1. The maximum Gasteiger partial charge on any atom is 0.242 e. The summed E-state index contributed by atoms with van der Waals surface area (Å²) in [7, 11) is -3.89. The van der Waals surface area contributed by atoms with E-state index in [0.29, 0.717) is 17.1 Å². The Kier molecular flexibility index (Phi) is 4.18. The lowest BCUT2D eigenvalue weighted by Crippen LogP contribution is -2.27. The molecule has 0 amide bonds. The number of benzene rings is 2. The van der Waals surface area contributed by atoms with Crippen molar-refractivity contribution in [3.05, 3.63) is 52.8 Å². The number of sulfonamides is 1. The number of fused-ring (bicyclic) bond motifs is 1. The quantitative estimate of drug-likeness (QED) is 0.912. The van der Waals surface area contributed by atoms with Gasteiger partial charge < -0.3 is 9.47 Å². The van der Waals surface area contributed by atoms with Gasteiger partial charge in [0.25, 0.3) is 0 Å². The van der Waals surface area contributed by atoms with Gasteiger partial charge in [-0.2, -0.15) is 0 Å². The van der Waals surface area contributed by atoms with E-state index < -0.39 is 21.9 Å². The number of nitrogens with one attached hydrogen (secondary N) is 1. The number of halogens is 2. The van der Waals surface area contributed by atoms with E-state index in [9.17, 15) is 12.8 Å². The molecule has 0 saturated carbocycles. The molecule has 1 aliphatic heterocycles. The van der Waals surface area contributed by atoms with Crippen LogP contribution >= 0.6 is 11.6 Å². The Morgan fingerprint density at radius 3 is 2.65 bits per heavy atom. The van der Waals surface area contributed by atoms with Gasteiger partial charge in [-0.25, -0.2) is 17.5 Å². The summed E-state index contributed by atoms with van der Waals surface area (Å²) in [6.07, 6.45) is 0. The number of hydrogen-bond acceptors (Lipinski definition) is 4. The molecule has 1 heterocycles. The Balaban J connectivity index is 1.85. The van der Waals surface area contributed by atoms with Gasteiger partial charge in [0, 0.05) is 6.04 Å². The van der Waals surface area contributed by atoms with Crippen molar-refractivity contribution in [1.82, 2.24) is 4.72 Å². The van der Waals surface area contributed by atoms with Crippen LogP contribution in [0.25, 0.3) is 0 Å². The minimum Gasteiger partial charge on any atom is -0.454 e. The van der Waals surface area contributed by atoms with Crippen LogP contribution in [0.15, 0.2) is 41.3 Å². The Morgan fingerprint density at radius 1 is 1.17 bits per heavy atom. The lowest BCUT2D eigenvalue weighted by molar-refractivity contribution is 0.174. The highest BCUT2D eigenvalue weighted by Gasteiger charge is 2.23. The second-order valence-electron chi connectivity index (χ2n) is 5.03. The lowest BCUT2D eigenvalue weighted by Gasteiger charge is -2.16. The molecule has 1 atom stereocenters. The van der Waals surface area contributed by atoms with Crippen LogP contribution in [-0.2, 0) is 10.0 Å². The van der Waals surface area contributed by atoms with Gasteiger partial charge in [-0.1, -0.05) is 17.7 Å². The largest absolute Gasteiger partial charge is 0.454 e. The molecule has 2 aromatic rings. The average molecular weight is 358 g/mol. The fourth-order valence-electron chi connectivity index (χ4n) is 2.24. The molecule has 1 aliphatic rings. The van der Waals surface area contributed by atoms with E-state index in [1.807, 2.05) is 0 Å². The SMILES string of the molecule is CC(NS(=O)(=O)c1ccc(F)cc1Cl)c1ccc2c(c1)OCO2. The van der Waals surface area contributed by atoms with Crippen molar-refractivity contribution in [3.8, 4) is 11.5 Å². The summed E-state index contributed by atoms with van der Waals surface area (Å²) >= 11 is 5.82. The van der Waals surface area contributed by atoms with E-state index in [-0.39, 0.29) is 16.7 Å².